The molecule has 7 heteroatoms. The van der Waals surface area contributed by atoms with Crippen LogP contribution in [-0.4, -0.2) is 51.5 Å². The Morgan fingerprint density at radius 3 is 2.96 bits per heavy atom. The summed E-state index contributed by atoms with van der Waals surface area (Å²) in [5.74, 6) is -0.0629. The molecule has 0 radical (unpaired) electrons. The van der Waals surface area contributed by atoms with Gasteiger partial charge in [0, 0.05) is 48.8 Å². The van der Waals surface area contributed by atoms with Gasteiger partial charge in [-0.3, -0.25) is 9.89 Å². The first-order chi connectivity index (χ1) is 12.6. The van der Waals surface area contributed by atoms with Crippen LogP contribution >= 0.6 is 11.3 Å². The molecule has 0 unspecified atom stereocenters. The second kappa shape index (κ2) is 7.01. The Labute approximate surface area is 156 Å². The summed E-state index contributed by atoms with van der Waals surface area (Å²) in [7, 11) is 3.87. The van der Waals surface area contributed by atoms with Gasteiger partial charge in [0.25, 0.3) is 5.91 Å². The Morgan fingerprint density at radius 2 is 2.15 bits per heavy atom. The van der Waals surface area contributed by atoms with Gasteiger partial charge in [-0.2, -0.15) is 5.10 Å². The zero-order valence-electron chi connectivity index (χ0n) is 14.9. The van der Waals surface area contributed by atoms with Crippen LogP contribution in [0.5, 0.6) is 0 Å². The predicted octanol–water partition coefficient (Wildman–Crippen LogP) is 2.79. The summed E-state index contributed by atoms with van der Waals surface area (Å²) in [6.45, 7) is 2.22. The highest BCUT2D eigenvalue weighted by Gasteiger charge is 2.26. The van der Waals surface area contributed by atoms with Crippen LogP contribution in [0.3, 0.4) is 0 Å². The first-order valence-corrected chi connectivity index (χ1v) is 9.49. The number of aromatic nitrogens is 3. The summed E-state index contributed by atoms with van der Waals surface area (Å²) in [6, 6.07) is 10.1. The summed E-state index contributed by atoms with van der Waals surface area (Å²) in [5.41, 5.74) is 4.64. The zero-order chi connectivity index (χ0) is 18.1. The molecule has 1 amide bonds. The lowest BCUT2D eigenvalue weighted by atomic mass is 10.1. The first-order valence-electron chi connectivity index (χ1n) is 8.62. The van der Waals surface area contributed by atoms with Gasteiger partial charge in [-0.1, -0.05) is 30.3 Å². The van der Waals surface area contributed by atoms with Crippen LogP contribution in [0, 0.1) is 0 Å². The summed E-state index contributed by atoms with van der Waals surface area (Å²) >= 11 is 1.60. The fourth-order valence-electron chi connectivity index (χ4n) is 3.20. The smallest absolute Gasteiger partial charge is 0.274 e. The molecule has 134 valence electrons. The number of aromatic amines is 1. The zero-order valence-corrected chi connectivity index (χ0v) is 15.7. The van der Waals surface area contributed by atoms with Crippen molar-refractivity contribution >= 4 is 17.2 Å². The Bertz CT molecular complexity index is 917. The average molecular weight is 367 g/mol. The highest BCUT2D eigenvalue weighted by molar-refractivity contribution is 7.13. The third-order valence-electron chi connectivity index (χ3n) is 4.65. The third kappa shape index (κ3) is 3.27. The minimum atomic E-state index is -0.0629. The number of carbonyl (C=O) groups is 1. The fraction of sp³-hybridized carbons (Fsp3) is 0.316. The van der Waals surface area contributed by atoms with Crippen LogP contribution in [0.1, 0.15) is 27.4 Å². The van der Waals surface area contributed by atoms with E-state index >= 15 is 0 Å². The minimum Gasteiger partial charge on any atom is -0.334 e. The van der Waals surface area contributed by atoms with E-state index in [0.29, 0.717) is 12.2 Å². The Kier molecular flexibility index (Phi) is 4.57. The number of fused-ring (bicyclic) bond motifs is 1. The molecule has 0 aliphatic carbocycles. The van der Waals surface area contributed by atoms with Crippen LogP contribution in [0.2, 0.25) is 0 Å². The number of likely N-dealkylation sites (N-methyl/N-ethyl adjacent to an activating group) is 1. The van der Waals surface area contributed by atoms with Crippen molar-refractivity contribution in [1.82, 2.24) is 25.0 Å². The molecule has 1 aromatic carbocycles. The van der Waals surface area contributed by atoms with E-state index in [4.69, 9.17) is 0 Å². The van der Waals surface area contributed by atoms with Crippen molar-refractivity contribution in [3.63, 3.8) is 0 Å². The van der Waals surface area contributed by atoms with E-state index in [9.17, 15) is 4.79 Å². The molecule has 0 saturated heterocycles. The second-order valence-electron chi connectivity index (χ2n) is 6.69. The SMILES string of the molecule is CN1CCc2[nH]nc(C(=O)N(C)Cc3csc(-c4ccccc4)n3)c2C1. The molecule has 1 aliphatic heterocycles. The normalized spacial score (nSPS) is 14.2. The van der Waals surface area contributed by atoms with Crippen LogP contribution < -0.4 is 0 Å². The number of carbonyl (C=O) groups excluding carboxylic acids is 1. The third-order valence-corrected chi connectivity index (χ3v) is 5.59. The maximum atomic E-state index is 12.9. The van der Waals surface area contributed by atoms with Gasteiger partial charge in [0.1, 0.15) is 5.01 Å². The lowest BCUT2D eigenvalue weighted by Gasteiger charge is -2.23. The topological polar surface area (TPSA) is 65.1 Å². The number of thiazole rings is 1. The predicted molar refractivity (Wildman–Crippen MR) is 102 cm³/mol. The molecule has 0 saturated carbocycles. The van der Waals surface area contributed by atoms with E-state index < -0.39 is 0 Å². The van der Waals surface area contributed by atoms with Crippen LogP contribution in [0.25, 0.3) is 10.6 Å². The number of H-pyrrole nitrogens is 1. The quantitative estimate of drug-likeness (QED) is 0.770. The molecule has 0 fully saturated rings. The number of hydrogen-bond acceptors (Lipinski definition) is 5. The molecule has 0 atom stereocenters. The lowest BCUT2D eigenvalue weighted by Crippen LogP contribution is -2.31. The van der Waals surface area contributed by atoms with Crippen molar-refractivity contribution in [1.29, 1.82) is 0 Å². The lowest BCUT2D eigenvalue weighted by molar-refractivity contribution is 0.0775. The highest BCUT2D eigenvalue weighted by atomic mass is 32.1. The second-order valence-corrected chi connectivity index (χ2v) is 7.55. The van der Waals surface area contributed by atoms with Gasteiger partial charge < -0.3 is 9.80 Å². The highest BCUT2D eigenvalue weighted by Crippen LogP contribution is 2.25. The molecule has 0 spiro atoms. The maximum Gasteiger partial charge on any atom is 0.274 e. The van der Waals surface area contributed by atoms with Crippen LogP contribution in [0.15, 0.2) is 35.7 Å². The Morgan fingerprint density at radius 1 is 1.35 bits per heavy atom. The summed E-state index contributed by atoms with van der Waals surface area (Å²) in [6.07, 6.45) is 0.905. The van der Waals surface area contributed by atoms with Crippen LogP contribution in [0.4, 0.5) is 0 Å². The van der Waals surface area contributed by atoms with Gasteiger partial charge in [0.05, 0.1) is 12.2 Å². The van der Waals surface area contributed by atoms with E-state index in [2.05, 4.69) is 27.1 Å². The van der Waals surface area contributed by atoms with Crippen molar-refractivity contribution in [3.05, 3.63) is 58.4 Å². The molecular weight excluding hydrogens is 346 g/mol. The summed E-state index contributed by atoms with van der Waals surface area (Å²) in [4.78, 5) is 21.4. The standard InChI is InChI=1S/C19H21N5OS/c1-23-9-8-16-15(11-23)17(22-21-16)19(25)24(2)10-14-12-26-18(20-14)13-6-4-3-5-7-13/h3-7,12H,8-11H2,1-2H3,(H,21,22). The molecule has 6 nitrogen and oxygen atoms in total. The van der Waals surface area contributed by atoms with Gasteiger partial charge >= 0.3 is 0 Å². The van der Waals surface area contributed by atoms with Gasteiger partial charge in [0.2, 0.25) is 0 Å². The molecule has 3 aromatic rings. The number of nitrogens with one attached hydrogen (secondary N) is 1. The summed E-state index contributed by atoms with van der Waals surface area (Å²) in [5, 5.41) is 10.3. The van der Waals surface area contributed by atoms with Gasteiger partial charge in [0.15, 0.2) is 5.69 Å². The molecule has 26 heavy (non-hydrogen) atoms. The summed E-state index contributed by atoms with van der Waals surface area (Å²) < 4.78 is 0. The van der Waals surface area contributed by atoms with Gasteiger partial charge in [-0.15, -0.1) is 11.3 Å². The first kappa shape index (κ1) is 16.9. The van der Waals surface area contributed by atoms with Gasteiger partial charge in [-0.05, 0) is 7.05 Å². The van der Waals surface area contributed by atoms with Crippen molar-refractivity contribution in [2.75, 3.05) is 20.6 Å². The van der Waals surface area contributed by atoms with E-state index in [-0.39, 0.29) is 5.91 Å². The largest absolute Gasteiger partial charge is 0.334 e. The fourth-order valence-corrected chi connectivity index (χ4v) is 4.01. The number of hydrogen-bond donors (Lipinski definition) is 1. The molecule has 4 rings (SSSR count). The molecular formula is C19H21N5OS. The Hall–Kier alpha value is -2.51. The molecule has 2 aromatic heterocycles. The molecule has 3 heterocycles. The van der Waals surface area contributed by atoms with Crippen molar-refractivity contribution in [2.45, 2.75) is 19.5 Å². The van der Waals surface area contributed by atoms with E-state index in [0.717, 1.165) is 47.0 Å². The van der Waals surface area contributed by atoms with E-state index in [1.54, 1.807) is 23.3 Å². The average Bonchev–Trinajstić information content (AvgIpc) is 3.28. The van der Waals surface area contributed by atoms with Crippen molar-refractivity contribution in [2.24, 2.45) is 0 Å². The van der Waals surface area contributed by atoms with Crippen LogP contribution in [-0.2, 0) is 19.5 Å². The minimum absolute atomic E-state index is 0.0629. The number of amides is 1. The number of benzene rings is 1. The molecule has 1 aliphatic rings. The van der Waals surface area contributed by atoms with E-state index in [1.807, 2.05) is 35.7 Å². The molecule has 0 bridgehead atoms. The molecule has 1 N–H and O–H groups in total. The van der Waals surface area contributed by atoms with Crippen molar-refractivity contribution < 1.29 is 4.79 Å². The maximum absolute atomic E-state index is 12.9. The van der Waals surface area contributed by atoms with Gasteiger partial charge in [-0.25, -0.2) is 4.98 Å². The Balaban J connectivity index is 1.49. The van der Waals surface area contributed by atoms with Crippen molar-refractivity contribution in [3.8, 4) is 10.6 Å². The number of nitrogens with zero attached hydrogens (tertiary/aromatic N) is 4. The van der Waals surface area contributed by atoms with E-state index in [1.165, 1.54) is 0 Å². The monoisotopic (exact) mass is 367 g/mol. The number of rotatable bonds is 4.